The number of alkyl carbamates (subject to hydrolysis) is 1. The van der Waals surface area contributed by atoms with Crippen LogP contribution in [0.25, 0.3) is 0 Å². The first-order chi connectivity index (χ1) is 11.0. The molecule has 1 aromatic carbocycles. The lowest BCUT2D eigenvalue weighted by Gasteiger charge is -2.22. The number of amides is 1. The minimum atomic E-state index is -3.40. The summed E-state index contributed by atoms with van der Waals surface area (Å²) >= 11 is 0. The Kier molecular flexibility index (Phi) is 7.04. The zero-order valence-corrected chi connectivity index (χ0v) is 15.6. The molecule has 7 nitrogen and oxygen atoms in total. The Balaban J connectivity index is 2.62. The fourth-order valence-electron chi connectivity index (χ4n) is 1.89. The second kappa shape index (κ2) is 8.34. The molecule has 0 saturated carbocycles. The average molecular weight is 358 g/mol. The Hall–Kier alpha value is -1.80. The monoisotopic (exact) mass is 358 g/mol. The Morgan fingerprint density at radius 2 is 1.79 bits per heavy atom. The number of nitrogens with one attached hydrogen (secondary N) is 1. The molecule has 1 amide bonds. The number of sulfonamides is 1. The molecule has 24 heavy (non-hydrogen) atoms. The van der Waals surface area contributed by atoms with E-state index in [2.05, 4.69) is 5.32 Å². The molecule has 0 spiro atoms. The van der Waals surface area contributed by atoms with Crippen molar-refractivity contribution in [3.8, 4) is 5.75 Å². The zero-order valence-electron chi connectivity index (χ0n) is 14.8. The highest BCUT2D eigenvalue weighted by Gasteiger charge is 2.19. The van der Waals surface area contributed by atoms with Crippen LogP contribution in [0.5, 0.6) is 5.75 Å². The van der Waals surface area contributed by atoms with E-state index >= 15 is 0 Å². The van der Waals surface area contributed by atoms with Crippen molar-refractivity contribution in [3.05, 3.63) is 29.8 Å². The van der Waals surface area contributed by atoms with Crippen LogP contribution >= 0.6 is 0 Å². The Morgan fingerprint density at radius 3 is 2.25 bits per heavy atom. The highest BCUT2D eigenvalue weighted by molar-refractivity contribution is 7.88. The van der Waals surface area contributed by atoms with Crippen LogP contribution < -0.4 is 10.1 Å². The van der Waals surface area contributed by atoms with E-state index in [1.165, 1.54) is 4.31 Å². The maximum Gasteiger partial charge on any atom is 0.407 e. The number of hydrogen-bond donors (Lipinski definition) is 1. The van der Waals surface area contributed by atoms with Crippen molar-refractivity contribution in [3.63, 3.8) is 0 Å². The lowest BCUT2D eigenvalue weighted by atomic mass is 10.2. The maximum absolute atomic E-state index is 11.9. The van der Waals surface area contributed by atoms with E-state index < -0.39 is 21.7 Å². The molecular formula is C16H26N2O5S. The lowest BCUT2D eigenvalue weighted by Crippen LogP contribution is -2.39. The minimum Gasteiger partial charge on any atom is -0.497 e. The van der Waals surface area contributed by atoms with Crippen LogP contribution in [0.2, 0.25) is 0 Å². The topological polar surface area (TPSA) is 84.9 Å². The Bertz CT molecular complexity index is 635. The fraction of sp³-hybridized carbons (Fsp3) is 0.562. The number of ether oxygens (including phenoxy) is 2. The molecule has 1 aromatic rings. The van der Waals surface area contributed by atoms with E-state index in [1.54, 1.807) is 52.1 Å². The summed E-state index contributed by atoms with van der Waals surface area (Å²) in [5, 5.41) is 2.56. The van der Waals surface area contributed by atoms with Gasteiger partial charge in [-0.15, -0.1) is 0 Å². The summed E-state index contributed by atoms with van der Waals surface area (Å²) in [4.78, 5) is 11.6. The molecule has 0 unspecified atom stereocenters. The summed E-state index contributed by atoms with van der Waals surface area (Å²) in [7, 11) is -1.83. The van der Waals surface area contributed by atoms with Crippen LogP contribution in [0.4, 0.5) is 4.79 Å². The molecule has 0 fully saturated rings. The molecule has 0 aromatic heterocycles. The van der Waals surface area contributed by atoms with Gasteiger partial charge in [0.2, 0.25) is 10.0 Å². The van der Waals surface area contributed by atoms with Gasteiger partial charge in [-0.25, -0.2) is 13.2 Å². The molecule has 136 valence electrons. The minimum absolute atomic E-state index is 0.157. The van der Waals surface area contributed by atoms with Gasteiger partial charge in [0.15, 0.2) is 0 Å². The third-order valence-electron chi connectivity index (χ3n) is 3.02. The fourth-order valence-corrected chi connectivity index (χ4v) is 2.70. The number of carbonyl (C=O) groups excluding carboxylic acids is 1. The van der Waals surface area contributed by atoms with E-state index in [0.29, 0.717) is 5.75 Å². The number of benzene rings is 1. The van der Waals surface area contributed by atoms with Gasteiger partial charge in [0.05, 0.1) is 13.4 Å². The predicted molar refractivity (Wildman–Crippen MR) is 92.5 cm³/mol. The first kappa shape index (κ1) is 20.2. The Morgan fingerprint density at radius 1 is 1.21 bits per heavy atom. The van der Waals surface area contributed by atoms with Crippen LogP contribution in [0.3, 0.4) is 0 Å². The summed E-state index contributed by atoms with van der Waals surface area (Å²) < 4.78 is 35.3. The van der Waals surface area contributed by atoms with Crippen molar-refractivity contribution < 1.29 is 22.7 Å². The third kappa shape index (κ3) is 7.65. The van der Waals surface area contributed by atoms with Crippen LogP contribution in [0.1, 0.15) is 26.3 Å². The normalized spacial score (nSPS) is 12.1. The highest BCUT2D eigenvalue weighted by atomic mass is 32.2. The molecule has 0 saturated heterocycles. The van der Waals surface area contributed by atoms with E-state index in [1.807, 2.05) is 0 Å². The standard InChI is InChI=1S/C16H26N2O5S/c1-16(2,3)23-15(19)17-10-11-18(24(5,20)21)12-13-6-8-14(22-4)9-7-13/h6-9H,10-12H2,1-5H3,(H,17,19). The highest BCUT2D eigenvalue weighted by Crippen LogP contribution is 2.14. The van der Waals surface area contributed by atoms with Crippen molar-refractivity contribution in [2.24, 2.45) is 0 Å². The first-order valence-electron chi connectivity index (χ1n) is 7.56. The SMILES string of the molecule is COc1ccc(CN(CCNC(=O)OC(C)(C)C)S(C)(=O)=O)cc1. The molecule has 0 heterocycles. The molecule has 1 N–H and O–H groups in total. The summed E-state index contributed by atoms with van der Waals surface area (Å²) in [5.74, 6) is 0.705. The van der Waals surface area contributed by atoms with Crippen LogP contribution in [0, 0.1) is 0 Å². The van der Waals surface area contributed by atoms with E-state index in [0.717, 1.165) is 11.8 Å². The van der Waals surface area contributed by atoms with E-state index in [4.69, 9.17) is 9.47 Å². The molecule has 1 rings (SSSR count). The molecular weight excluding hydrogens is 332 g/mol. The first-order valence-corrected chi connectivity index (χ1v) is 9.41. The Labute approximate surface area is 144 Å². The van der Waals surface area contributed by atoms with Crippen LogP contribution in [-0.2, 0) is 21.3 Å². The molecule has 0 aliphatic rings. The quantitative estimate of drug-likeness (QED) is 0.806. The van der Waals surface area contributed by atoms with Crippen molar-refractivity contribution in [2.45, 2.75) is 32.9 Å². The summed E-state index contributed by atoms with van der Waals surface area (Å²) in [6.07, 6.45) is 0.574. The largest absolute Gasteiger partial charge is 0.497 e. The number of rotatable bonds is 7. The maximum atomic E-state index is 11.9. The predicted octanol–water partition coefficient (Wildman–Crippen LogP) is 1.98. The van der Waals surface area contributed by atoms with Gasteiger partial charge in [-0.2, -0.15) is 4.31 Å². The van der Waals surface area contributed by atoms with Gasteiger partial charge in [-0.3, -0.25) is 0 Å². The van der Waals surface area contributed by atoms with Crippen molar-refractivity contribution >= 4 is 16.1 Å². The van der Waals surface area contributed by atoms with Crippen LogP contribution in [-0.4, -0.2) is 50.9 Å². The van der Waals surface area contributed by atoms with E-state index in [-0.39, 0.29) is 19.6 Å². The molecule has 0 bridgehead atoms. The molecule has 0 aliphatic heterocycles. The zero-order chi connectivity index (χ0) is 18.4. The van der Waals surface area contributed by atoms with Gasteiger partial charge in [0.25, 0.3) is 0 Å². The van der Waals surface area contributed by atoms with Gasteiger partial charge >= 0.3 is 6.09 Å². The lowest BCUT2D eigenvalue weighted by molar-refractivity contribution is 0.0525. The van der Waals surface area contributed by atoms with Gasteiger partial charge < -0.3 is 14.8 Å². The number of hydrogen-bond acceptors (Lipinski definition) is 5. The molecule has 8 heteroatoms. The van der Waals surface area contributed by atoms with Gasteiger partial charge in [0.1, 0.15) is 11.4 Å². The van der Waals surface area contributed by atoms with Crippen molar-refractivity contribution in [1.29, 1.82) is 0 Å². The van der Waals surface area contributed by atoms with Crippen LogP contribution in [0.15, 0.2) is 24.3 Å². The summed E-state index contributed by atoms with van der Waals surface area (Å²) in [6, 6.07) is 7.15. The number of carbonyl (C=O) groups is 1. The van der Waals surface area contributed by atoms with Crippen molar-refractivity contribution in [2.75, 3.05) is 26.5 Å². The molecule has 0 aliphatic carbocycles. The molecule has 0 radical (unpaired) electrons. The average Bonchev–Trinajstić information content (AvgIpc) is 2.44. The smallest absolute Gasteiger partial charge is 0.407 e. The number of methoxy groups -OCH3 is 1. The van der Waals surface area contributed by atoms with Crippen molar-refractivity contribution in [1.82, 2.24) is 9.62 Å². The second-order valence-electron chi connectivity index (χ2n) is 6.37. The van der Waals surface area contributed by atoms with Gasteiger partial charge in [-0.05, 0) is 38.5 Å². The summed E-state index contributed by atoms with van der Waals surface area (Å²) in [6.45, 7) is 5.83. The second-order valence-corrected chi connectivity index (χ2v) is 8.36. The van der Waals surface area contributed by atoms with Gasteiger partial charge in [-0.1, -0.05) is 12.1 Å². The number of nitrogens with zero attached hydrogens (tertiary/aromatic N) is 1. The molecule has 0 atom stereocenters. The summed E-state index contributed by atoms with van der Waals surface area (Å²) in [5.41, 5.74) is 0.238. The van der Waals surface area contributed by atoms with Gasteiger partial charge in [0, 0.05) is 19.6 Å². The van der Waals surface area contributed by atoms with E-state index in [9.17, 15) is 13.2 Å². The third-order valence-corrected chi connectivity index (χ3v) is 4.27.